The van der Waals surface area contributed by atoms with Gasteiger partial charge in [-0.15, -0.1) is 11.3 Å². The number of nitrogens with zero attached hydrogens (tertiary/aromatic N) is 4. The average Bonchev–Trinajstić information content (AvgIpc) is 3.96. The molecule has 3 aliphatic rings. The Kier molecular flexibility index (Phi) is 8.09. The predicted octanol–water partition coefficient (Wildman–Crippen LogP) is 15.4. The van der Waals surface area contributed by atoms with Crippen LogP contribution in [-0.4, -0.2) is 11.3 Å². The molecular weight excluding hydrogens is 848 g/mol. The summed E-state index contributed by atoms with van der Waals surface area (Å²) >= 11 is 1.93. The molecule has 10 aromatic rings. The van der Waals surface area contributed by atoms with Crippen molar-refractivity contribution in [2.24, 2.45) is 0 Å². The van der Waals surface area contributed by atoms with Gasteiger partial charge < -0.3 is 18.8 Å². The minimum atomic E-state index is -0.143. The van der Waals surface area contributed by atoms with Gasteiger partial charge >= 0.3 is 0 Å². The number of benzene rings is 7. The van der Waals surface area contributed by atoms with Crippen LogP contribution in [0, 0.1) is 11.3 Å². The molecule has 0 aliphatic carbocycles. The van der Waals surface area contributed by atoms with Crippen LogP contribution < -0.4 is 25.5 Å². The van der Waals surface area contributed by atoms with E-state index in [4.69, 9.17) is 4.42 Å². The van der Waals surface area contributed by atoms with Gasteiger partial charge in [-0.25, -0.2) is 0 Å². The Bertz CT molecular complexity index is 3940. The minimum absolute atomic E-state index is 0.0189. The van der Waals surface area contributed by atoms with E-state index in [0.29, 0.717) is 5.56 Å². The van der Waals surface area contributed by atoms with Crippen LogP contribution in [0.4, 0.5) is 34.1 Å². The normalized spacial score (nSPS) is 14.4. The fourth-order valence-corrected chi connectivity index (χ4v) is 12.8. The highest BCUT2D eigenvalue weighted by Gasteiger charge is 2.49. The Hall–Kier alpha value is -6.75. The van der Waals surface area contributed by atoms with Crippen molar-refractivity contribution >= 4 is 122 Å². The van der Waals surface area contributed by atoms with E-state index in [1.807, 2.05) is 17.4 Å². The predicted molar refractivity (Wildman–Crippen MR) is 291 cm³/mol. The van der Waals surface area contributed by atoms with Gasteiger partial charge in [-0.2, -0.15) is 5.26 Å². The number of aromatic nitrogens is 1. The lowest BCUT2D eigenvalue weighted by molar-refractivity contribution is 0.590. The van der Waals surface area contributed by atoms with Gasteiger partial charge in [0, 0.05) is 53.5 Å². The van der Waals surface area contributed by atoms with E-state index in [0.717, 1.165) is 44.7 Å². The Morgan fingerprint density at radius 3 is 1.84 bits per heavy atom. The van der Waals surface area contributed by atoms with Gasteiger partial charge in [0.25, 0.3) is 6.71 Å². The molecule has 0 saturated carbocycles. The van der Waals surface area contributed by atoms with Gasteiger partial charge in [0.2, 0.25) is 0 Å². The van der Waals surface area contributed by atoms with Crippen molar-refractivity contribution in [2.75, 3.05) is 9.80 Å². The maximum atomic E-state index is 11.2. The molecule has 13 rings (SSSR count). The molecule has 0 N–H and O–H groups in total. The Morgan fingerprint density at radius 1 is 0.515 bits per heavy atom. The number of hydrogen-bond donors (Lipinski definition) is 0. The monoisotopic (exact) mass is 902 g/mol. The summed E-state index contributed by atoms with van der Waals surface area (Å²) in [7, 11) is 0. The topological polar surface area (TPSA) is 48.3 Å². The molecule has 0 fully saturated rings. The zero-order valence-electron chi connectivity index (χ0n) is 41.2. The summed E-state index contributed by atoms with van der Waals surface area (Å²) in [6.07, 6.45) is 0. The summed E-state index contributed by atoms with van der Waals surface area (Å²) in [5.41, 5.74) is 20.1. The zero-order valence-corrected chi connectivity index (χ0v) is 42.0. The van der Waals surface area contributed by atoms with Crippen LogP contribution in [0.5, 0.6) is 0 Å². The Morgan fingerprint density at radius 2 is 1.13 bits per heavy atom. The Labute approximate surface area is 403 Å². The van der Waals surface area contributed by atoms with Crippen molar-refractivity contribution in [1.29, 1.82) is 5.26 Å². The SMILES string of the molecule is CC(C)(C)c1cc2c3c(c1)-n1c4ccc(C(C)(C)C)cc4c4cc(C(C)(C)C)cc(c41)N3c1cc(C#N)cc3c1B2c1sc2ccc(C(C)(C)C)cc2c1N3c1ccc2oc3ccccc3c2c1. The lowest BCUT2D eigenvalue weighted by atomic mass is 9.35. The molecule has 0 radical (unpaired) electrons. The van der Waals surface area contributed by atoms with Crippen LogP contribution in [0.3, 0.4) is 0 Å². The highest BCUT2D eigenvalue weighted by molar-refractivity contribution is 7.33. The molecule has 6 heterocycles. The number of fused-ring (bicyclic) bond motifs is 14. The van der Waals surface area contributed by atoms with Crippen LogP contribution >= 0.6 is 11.3 Å². The number of nitriles is 1. The van der Waals surface area contributed by atoms with Crippen LogP contribution in [0.2, 0.25) is 0 Å². The van der Waals surface area contributed by atoms with E-state index in [-0.39, 0.29) is 28.4 Å². The summed E-state index contributed by atoms with van der Waals surface area (Å²) < 4.78 is 11.6. The fraction of sp³-hybridized carbons (Fsp3) is 0.262. The third-order valence-electron chi connectivity index (χ3n) is 15.3. The molecule has 7 aromatic carbocycles. The quantitative estimate of drug-likeness (QED) is 0.154. The first-order valence-electron chi connectivity index (χ1n) is 24.2. The molecule has 3 aromatic heterocycles. The van der Waals surface area contributed by atoms with Crippen LogP contribution in [-0.2, 0) is 21.7 Å². The molecule has 0 bridgehead atoms. The van der Waals surface area contributed by atoms with E-state index < -0.39 is 0 Å². The van der Waals surface area contributed by atoms with Gasteiger partial charge in [-0.1, -0.05) is 119 Å². The van der Waals surface area contributed by atoms with E-state index >= 15 is 0 Å². The van der Waals surface area contributed by atoms with Crippen LogP contribution in [0.25, 0.3) is 59.5 Å². The maximum Gasteiger partial charge on any atom is 0.264 e. The first-order valence-corrected chi connectivity index (χ1v) is 25.0. The van der Waals surface area contributed by atoms with Gasteiger partial charge in [-0.05, 0) is 134 Å². The minimum Gasteiger partial charge on any atom is -0.456 e. The van der Waals surface area contributed by atoms with Crippen molar-refractivity contribution < 1.29 is 4.42 Å². The summed E-state index contributed by atoms with van der Waals surface area (Å²) in [5.74, 6) is 0. The van der Waals surface area contributed by atoms with E-state index in [9.17, 15) is 5.26 Å². The second-order valence-electron chi connectivity index (χ2n) is 23.8. The van der Waals surface area contributed by atoms with E-state index in [2.05, 4.69) is 213 Å². The second-order valence-corrected chi connectivity index (χ2v) is 24.9. The molecule has 5 nitrogen and oxygen atoms in total. The standard InChI is InChI=1S/C61H55BN4OS/c1-58(2,3)34-17-20-45-40(25-34)42-27-36(60(7,8)9)29-48-54(42)65(45)49-30-37(61(10,11)12)28-44-56(49)66(48)47-24-33(32-63)23-46-53(47)62(44)57-55(43-26-35(59(4,5)6)18-22-52(43)68-57)64(46)38-19-21-51-41(31-38)39-15-13-14-16-50(39)67-51/h13-31H,1-12H3. The fourth-order valence-electron chi connectivity index (χ4n) is 11.5. The van der Waals surface area contributed by atoms with E-state index in [1.165, 1.54) is 86.9 Å². The Balaban J connectivity index is 1.21. The second kappa shape index (κ2) is 13.3. The lowest BCUT2D eigenvalue weighted by Gasteiger charge is -2.46. The molecule has 0 saturated heterocycles. The number of hydrogen-bond acceptors (Lipinski definition) is 5. The van der Waals surface area contributed by atoms with Crippen molar-refractivity contribution in [3.8, 4) is 11.8 Å². The molecule has 334 valence electrons. The van der Waals surface area contributed by atoms with Crippen molar-refractivity contribution in [3.05, 3.63) is 143 Å². The summed E-state index contributed by atoms with van der Waals surface area (Å²) in [6.45, 7) is 27.8. The first-order chi connectivity index (χ1) is 32.2. The third-order valence-corrected chi connectivity index (χ3v) is 16.5. The van der Waals surface area contributed by atoms with Crippen molar-refractivity contribution in [2.45, 2.75) is 105 Å². The molecule has 0 amide bonds. The number of para-hydroxylation sites is 1. The van der Waals surface area contributed by atoms with Crippen molar-refractivity contribution in [1.82, 2.24) is 4.57 Å². The molecule has 0 spiro atoms. The number of anilines is 6. The lowest BCUT2D eigenvalue weighted by Crippen LogP contribution is -2.61. The van der Waals surface area contributed by atoms with Gasteiger partial charge in [0.15, 0.2) is 0 Å². The largest absolute Gasteiger partial charge is 0.456 e. The molecular formula is C61H55BN4OS. The smallest absolute Gasteiger partial charge is 0.264 e. The molecule has 0 atom stereocenters. The maximum absolute atomic E-state index is 11.2. The number of furan rings is 1. The van der Waals surface area contributed by atoms with E-state index in [1.54, 1.807) is 0 Å². The van der Waals surface area contributed by atoms with Crippen molar-refractivity contribution in [3.63, 3.8) is 0 Å². The van der Waals surface area contributed by atoms with Crippen LogP contribution in [0.15, 0.2) is 120 Å². The average molecular weight is 903 g/mol. The zero-order chi connectivity index (χ0) is 47.3. The summed E-state index contributed by atoms with van der Waals surface area (Å²) in [5, 5.41) is 17.1. The third kappa shape index (κ3) is 5.61. The molecule has 7 heteroatoms. The highest BCUT2D eigenvalue weighted by atomic mass is 32.1. The molecule has 3 aliphatic heterocycles. The van der Waals surface area contributed by atoms with Gasteiger partial charge in [0.05, 0.1) is 45.4 Å². The number of rotatable bonds is 1. The van der Waals surface area contributed by atoms with Crippen LogP contribution in [0.1, 0.15) is 111 Å². The number of thiophene rings is 1. The van der Waals surface area contributed by atoms with Gasteiger partial charge in [0.1, 0.15) is 11.2 Å². The first kappa shape index (κ1) is 41.4. The molecule has 68 heavy (non-hydrogen) atoms. The molecule has 0 unspecified atom stereocenters. The summed E-state index contributed by atoms with van der Waals surface area (Å²) in [6, 6.07) is 46.2. The van der Waals surface area contributed by atoms with Gasteiger partial charge in [-0.3, -0.25) is 0 Å². The summed E-state index contributed by atoms with van der Waals surface area (Å²) in [4.78, 5) is 5.06. The highest BCUT2D eigenvalue weighted by Crippen LogP contribution is 2.56.